The molecule has 0 atom stereocenters. The van der Waals surface area contributed by atoms with Crippen LogP contribution in [-0.2, 0) is 0 Å². The van der Waals surface area contributed by atoms with Gasteiger partial charge >= 0.3 is 68.0 Å². The summed E-state index contributed by atoms with van der Waals surface area (Å²) in [6.07, 6.45) is 0. The van der Waals surface area contributed by atoms with Gasteiger partial charge in [-0.25, -0.2) is 0 Å². The summed E-state index contributed by atoms with van der Waals surface area (Å²) in [5.41, 5.74) is 0. The maximum atomic E-state index is 2.22. The molecule has 0 fully saturated rings. The molecule has 54 valence electrons. The van der Waals surface area contributed by atoms with E-state index in [0.717, 1.165) is 0 Å². The molecular formula is C8H11NSe. The van der Waals surface area contributed by atoms with E-state index in [9.17, 15) is 0 Å². The summed E-state index contributed by atoms with van der Waals surface area (Å²) >= 11 is 0.501. The summed E-state index contributed by atoms with van der Waals surface area (Å²) in [4.78, 5) is 0. The summed E-state index contributed by atoms with van der Waals surface area (Å²) in [5, 5.41) is 0. The molecule has 0 aliphatic rings. The van der Waals surface area contributed by atoms with Crippen LogP contribution in [0.4, 0.5) is 0 Å². The van der Waals surface area contributed by atoms with E-state index < -0.39 is 0 Å². The number of rotatable bonds is 2. The van der Waals surface area contributed by atoms with E-state index in [4.69, 9.17) is 0 Å². The fourth-order valence-electron chi connectivity index (χ4n) is 0.692. The first kappa shape index (κ1) is 7.80. The second-order valence-electron chi connectivity index (χ2n) is 2.22. The number of benzene rings is 1. The Kier molecular flexibility index (Phi) is 2.94. The maximum absolute atomic E-state index is 2.22. The molecule has 0 aliphatic heterocycles. The molecule has 10 heavy (non-hydrogen) atoms. The van der Waals surface area contributed by atoms with Crippen LogP contribution in [0.3, 0.4) is 0 Å². The van der Waals surface area contributed by atoms with Crippen molar-refractivity contribution in [1.29, 1.82) is 0 Å². The molecule has 1 rings (SSSR count). The van der Waals surface area contributed by atoms with Gasteiger partial charge in [-0.2, -0.15) is 0 Å². The minimum atomic E-state index is 0.501. The first-order chi connectivity index (χ1) is 4.79. The van der Waals surface area contributed by atoms with Crippen LogP contribution in [0.2, 0.25) is 0 Å². The predicted octanol–water partition coefficient (Wildman–Crippen LogP) is 0.493. The Labute approximate surface area is 68.4 Å². The van der Waals surface area contributed by atoms with Crippen molar-refractivity contribution in [3.8, 4) is 0 Å². The van der Waals surface area contributed by atoms with E-state index in [1.165, 1.54) is 4.46 Å². The van der Waals surface area contributed by atoms with Gasteiger partial charge < -0.3 is 0 Å². The van der Waals surface area contributed by atoms with Gasteiger partial charge in [0.1, 0.15) is 0 Å². The van der Waals surface area contributed by atoms with Crippen LogP contribution in [0.5, 0.6) is 0 Å². The fraction of sp³-hybridized carbons (Fsp3) is 0.250. The monoisotopic (exact) mass is 201 g/mol. The average Bonchev–Trinajstić information content (AvgIpc) is 1.88. The first-order valence-corrected chi connectivity index (χ1v) is 4.81. The van der Waals surface area contributed by atoms with E-state index in [-0.39, 0.29) is 0 Å². The molecule has 1 aromatic carbocycles. The molecule has 0 saturated heterocycles. The molecule has 0 unspecified atom stereocenters. The molecule has 1 nitrogen and oxygen atoms in total. The molecule has 1 aromatic rings. The van der Waals surface area contributed by atoms with E-state index >= 15 is 0 Å². The standard InChI is InChI=1S/C8H11NSe/c1-9(2)10-8-6-4-3-5-7-8/h3-7H,1-2H3. The van der Waals surface area contributed by atoms with Gasteiger partial charge in [0.15, 0.2) is 0 Å². The SMILES string of the molecule is CN(C)[Se]c1ccccc1. The average molecular weight is 200 g/mol. The van der Waals surface area contributed by atoms with E-state index in [2.05, 4.69) is 48.3 Å². The predicted molar refractivity (Wildman–Crippen MR) is 45.5 cm³/mol. The van der Waals surface area contributed by atoms with Gasteiger partial charge in [0.2, 0.25) is 0 Å². The summed E-state index contributed by atoms with van der Waals surface area (Å²) in [5.74, 6) is 0. The first-order valence-electron chi connectivity index (χ1n) is 3.19. The topological polar surface area (TPSA) is 3.24 Å². The van der Waals surface area contributed by atoms with Crippen molar-refractivity contribution in [2.75, 3.05) is 14.1 Å². The van der Waals surface area contributed by atoms with Crippen molar-refractivity contribution in [1.82, 2.24) is 3.92 Å². The van der Waals surface area contributed by atoms with Gasteiger partial charge in [0.25, 0.3) is 0 Å². The van der Waals surface area contributed by atoms with Crippen LogP contribution in [0.15, 0.2) is 30.3 Å². The number of hydrogen-bond acceptors (Lipinski definition) is 1. The van der Waals surface area contributed by atoms with E-state index in [0.29, 0.717) is 15.2 Å². The second-order valence-corrected chi connectivity index (χ2v) is 5.12. The molecule has 0 aliphatic carbocycles. The molecule has 0 saturated carbocycles. The molecule has 0 spiro atoms. The zero-order valence-corrected chi connectivity index (χ0v) is 7.96. The van der Waals surface area contributed by atoms with Crippen LogP contribution >= 0.6 is 0 Å². The Morgan fingerprint density at radius 1 is 1.10 bits per heavy atom. The molecule has 2 heteroatoms. The van der Waals surface area contributed by atoms with Gasteiger partial charge in [-0.3, -0.25) is 0 Å². The molecule has 0 N–H and O–H groups in total. The van der Waals surface area contributed by atoms with Crippen LogP contribution in [0.1, 0.15) is 0 Å². The second kappa shape index (κ2) is 3.77. The zero-order valence-electron chi connectivity index (χ0n) is 6.24. The Hall–Kier alpha value is -0.301. The fourth-order valence-corrected chi connectivity index (χ4v) is 2.16. The summed E-state index contributed by atoms with van der Waals surface area (Å²) in [6, 6.07) is 10.6. The minimum absolute atomic E-state index is 0.501. The third-order valence-electron chi connectivity index (χ3n) is 1.03. The van der Waals surface area contributed by atoms with Gasteiger partial charge in [-0.05, 0) is 0 Å². The van der Waals surface area contributed by atoms with Crippen molar-refractivity contribution in [3.63, 3.8) is 0 Å². The van der Waals surface area contributed by atoms with E-state index in [1.807, 2.05) is 0 Å². The molecular weight excluding hydrogens is 189 g/mol. The van der Waals surface area contributed by atoms with Crippen LogP contribution in [0.25, 0.3) is 0 Å². The Bertz CT molecular complexity index is 184. The normalized spacial score (nSPS) is 10.3. The van der Waals surface area contributed by atoms with E-state index in [1.54, 1.807) is 0 Å². The summed E-state index contributed by atoms with van der Waals surface area (Å²) in [7, 11) is 4.21. The van der Waals surface area contributed by atoms with Crippen molar-refractivity contribution in [2.45, 2.75) is 0 Å². The Morgan fingerprint density at radius 2 is 1.70 bits per heavy atom. The van der Waals surface area contributed by atoms with Gasteiger partial charge in [-0.15, -0.1) is 0 Å². The van der Waals surface area contributed by atoms with Crippen LogP contribution in [0, 0.1) is 0 Å². The van der Waals surface area contributed by atoms with Crippen molar-refractivity contribution in [3.05, 3.63) is 30.3 Å². The molecule has 0 amide bonds. The third-order valence-corrected chi connectivity index (χ3v) is 2.81. The number of nitrogens with zero attached hydrogens (tertiary/aromatic N) is 1. The Morgan fingerprint density at radius 3 is 2.20 bits per heavy atom. The van der Waals surface area contributed by atoms with Crippen LogP contribution in [-0.4, -0.2) is 33.2 Å². The summed E-state index contributed by atoms with van der Waals surface area (Å²) < 4.78 is 3.66. The van der Waals surface area contributed by atoms with Crippen molar-refractivity contribution < 1.29 is 0 Å². The Balaban J connectivity index is 2.59. The summed E-state index contributed by atoms with van der Waals surface area (Å²) in [6.45, 7) is 0. The van der Waals surface area contributed by atoms with Crippen LogP contribution < -0.4 is 4.46 Å². The van der Waals surface area contributed by atoms with Gasteiger partial charge in [-0.1, -0.05) is 0 Å². The van der Waals surface area contributed by atoms with Crippen molar-refractivity contribution in [2.24, 2.45) is 0 Å². The van der Waals surface area contributed by atoms with Crippen molar-refractivity contribution >= 4 is 19.6 Å². The zero-order chi connectivity index (χ0) is 7.40. The molecule has 0 bridgehead atoms. The molecule has 0 heterocycles. The van der Waals surface area contributed by atoms with Gasteiger partial charge in [0.05, 0.1) is 0 Å². The molecule has 0 aromatic heterocycles. The molecule has 0 radical (unpaired) electrons. The van der Waals surface area contributed by atoms with Gasteiger partial charge in [0, 0.05) is 0 Å². The number of hydrogen-bond donors (Lipinski definition) is 0. The third kappa shape index (κ3) is 2.52. The quantitative estimate of drug-likeness (QED) is 0.628.